The number of nitrogens with two attached hydrogens (primary N) is 1. The molecule has 1 amide bonds. The Morgan fingerprint density at radius 1 is 1.44 bits per heavy atom. The second-order valence-electron chi connectivity index (χ2n) is 4.69. The molecule has 0 aromatic carbocycles. The molecular formula is C11H25ClN2O2. The van der Waals surface area contributed by atoms with Crippen molar-refractivity contribution in [2.24, 2.45) is 11.1 Å². The van der Waals surface area contributed by atoms with Crippen molar-refractivity contribution >= 4 is 18.3 Å². The van der Waals surface area contributed by atoms with Crippen LogP contribution in [0.5, 0.6) is 0 Å². The maximum Gasteiger partial charge on any atom is 0.237 e. The van der Waals surface area contributed by atoms with E-state index in [-0.39, 0.29) is 23.7 Å². The number of ether oxygens (including phenoxy) is 1. The average Bonchev–Trinajstić information content (AvgIpc) is 2.14. The maximum absolute atomic E-state index is 11.5. The first-order valence-corrected chi connectivity index (χ1v) is 5.50. The third-order valence-electron chi connectivity index (χ3n) is 2.18. The van der Waals surface area contributed by atoms with E-state index in [9.17, 15) is 4.79 Å². The summed E-state index contributed by atoms with van der Waals surface area (Å²) in [5.41, 5.74) is 5.60. The third kappa shape index (κ3) is 7.91. The van der Waals surface area contributed by atoms with E-state index < -0.39 is 6.04 Å². The lowest BCUT2D eigenvalue weighted by molar-refractivity contribution is -0.124. The molecule has 0 aliphatic heterocycles. The molecule has 0 fully saturated rings. The van der Waals surface area contributed by atoms with Gasteiger partial charge in [-0.3, -0.25) is 4.79 Å². The lowest BCUT2D eigenvalue weighted by Crippen LogP contribution is -2.48. The Morgan fingerprint density at radius 2 is 2.00 bits per heavy atom. The summed E-state index contributed by atoms with van der Waals surface area (Å²) in [7, 11) is 0. The molecule has 0 spiro atoms. The zero-order chi connectivity index (χ0) is 11.9. The predicted octanol–water partition coefficient (Wildman–Crippen LogP) is 1.32. The van der Waals surface area contributed by atoms with Gasteiger partial charge in [-0.1, -0.05) is 20.8 Å². The van der Waals surface area contributed by atoms with E-state index in [2.05, 4.69) is 5.32 Å². The van der Waals surface area contributed by atoms with Crippen molar-refractivity contribution in [1.29, 1.82) is 0 Å². The molecule has 0 aliphatic carbocycles. The quantitative estimate of drug-likeness (QED) is 0.701. The Morgan fingerprint density at radius 3 is 2.44 bits per heavy atom. The summed E-state index contributed by atoms with van der Waals surface area (Å²) < 4.78 is 5.16. The minimum atomic E-state index is -0.454. The molecule has 0 unspecified atom stereocenters. The molecule has 0 bridgehead atoms. The molecule has 0 aromatic rings. The second-order valence-corrected chi connectivity index (χ2v) is 4.69. The minimum Gasteiger partial charge on any atom is -0.382 e. The standard InChI is InChI=1S/C11H24N2O2.ClH/c1-5-15-8-6-7-13-10(14)9(12)11(2,3)4;/h9H,5-8,12H2,1-4H3,(H,13,14);1H/t9-;/m1./s1. The molecule has 0 saturated carbocycles. The number of halogens is 1. The molecule has 0 rings (SSSR count). The van der Waals surface area contributed by atoms with Gasteiger partial charge in [0.2, 0.25) is 5.91 Å². The van der Waals surface area contributed by atoms with Crippen molar-refractivity contribution in [1.82, 2.24) is 5.32 Å². The number of carbonyl (C=O) groups excluding carboxylic acids is 1. The van der Waals surface area contributed by atoms with E-state index in [1.807, 2.05) is 27.7 Å². The summed E-state index contributed by atoms with van der Waals surface area (Å²) in [4.78, 5) is 11.5. The van der Waals surface area contributed by atoms with Crippen LogP contribution in [0.1, 0.15) is 34.1 Å². The van der Waals surface area contributed by atoms with Crippen molar-refractivity contribution in [2.45, 2.75) is 40.2 Å². The van der Waals surface area contributed by atoms with Crippen molar-refractivity contribution in [3.63, 3.8) is 0 Å². The lowest BCUT2D eigenvalue weighted by Gasteiger charge is -2.25. The van der Waals surface area contributed by atoms with Crippen molar-refractivity contribution in [3.8, 4) is 0 Å². The molecule has 0 radical (unpaired) electrons. The van der Waals surface area contributed by atoms with Gasteiger partial charge < -0.3 is 15.8 Å². The van der Waals surface area contributed by atoms with E-state index in [1.165, 1.54) is 0 Å². The molecule has 1 atom stereocenters. The summed E-state index contributed by atoms with van der Waals surface area (Å²) >= 11 is 0. The minimum absolute atomic E-state index is 0. The van der Waals surface area contributed by atoms with Gasteiger partial charge in [0.15, 0.2) is 0 Å². The third-order valence-corrected chi connectivity index (χ3v) is 2.18. The smallest absolute Gasteiger partial charge is 0.237 e. The molecule has 3 N–H and O–H groups in total. The molecule has 0 heterocycles. The predicted molar refractivity (Wildman–Crippen MR) is 68.8 cm³/mol. The molecule has 4 nitrogen and oxygen atoms in total. The van der Waals surface area contributed by atoms with E-state index in [0.29, 0.717) is 13.2 Å². The fraction of sp³-hybridized carbons (Fsp3) is 0.909. The Kier molecular flexibility index (Phi) is 9.92. The van der Waals surface area contributed by atoms with Crippen LogP contribution in [-0.4, -0.2) is 31.7 Å². The van der Waals surface area contributed by atoms with Gasteiger partial charge in [0.1, 0.15) is 0 Å². The van der Waals surface area contributed by atoms with E-state index in [0.717, 1.165) is 13.0 Å². The van der Waals surface area contributed by atoms with Gasteiger partial charge in [-0.25, -0.2) is 0 Å². The Labute approximate surface area is 105 Å². The summed E-state index contributed by atoms with van der Waals surface area (Å²) in [6, 6.07) is -0.454. The van der Waals surface area contributed by atoms with Crippen LogP contribution < -0.4 is 11.1 Å². The van der Waals surface area contributed by atoms with Gasteiger partial charge in [0.05, 0.1) is 6.04 Å². The molecule has 0 aliphatic rings. The maximum atomic E-state index is 11.5. The average molecular weight is 253 g/mol. The lowest BCUT2D eigenvalue weighted by atomic mass is 9.87. The number of amides is 1. The van der Waals surface area contributed by atoms with E-state index in [1.54, 1.807) is 0 Å². The molecule has 98 valence electrons. The van der Waals surface area contributed by atoms with Gasteiger partial charge in [-0.15, -0.1) is 12.4 Å². The van der Waals surface area contributed by atoms with E-state index >= 15 is 0 Å². The van der Waals surface area contributed by atoms with E-state index in [4.69, 9.17) is 10.5 Å². The molecule has 0 aromatic heterocycles. The second kappa shape index (κ2) is 8.79. The van der Waals surface area contributed by atoms with Gasteiger partial charge in [0, 0.05) is 19.8 Å². The highest BCUT2D eigenvalue weighted by Gasteiger charge is 2.26. The van der Waals surface area contributed by atoms with Gasteiger partial charge >= 0.3 is 0 Å². The Balaban J connectivity index is 0. The van der Waals surface area contributed by atoms with Crippen LogP contribution in [0.2, 0.25) is 0 Å². The zero-order valence-corrected chi connectivity index (χ0v) is 11.5. The number of rotatable bonds is 6. The normalized spacial score (nSPS) is 12.8. The monoisotopic (exact) mass is 252 g/mol. The highest BCUT2D eigenvalue weighted by atomic mass is 35.5. The first-order valence-electron chi connectivity index (χ1n) is 5.50. The molecule has 0 saturated heterocycles. The molecule has 5 heteroatoms. The Hall–Kier alpha value is -0.320. The Bertz CT molecular complexity index is 193. The summed E-state index contributed by atoms with van der Waals surface area (Å²) in [6.07, 6.45) is 0.830. The van der Waals surface area contributed by atoms with Crippen molar-refractivity contribution < 1.29 is 9.53 Å². The fourth-order valence-corrected chi connectivity index (χ4v) is 1.03. The van der Waals surface area contributed by atoms with Crippen molar-refractivity contribution in [2.75, 3.05) is 19.8 Å². The number of hydrogen-bond donors (Lipinski definition) is 2. The van der Waals surface area contributed by atoms with Crippen LogP contribution in [0.15, 0.2) is 0 Å². The van der Waals surface area contributed by atoms with Gasteiger partial charge in [0.25, 0.3) is 0 Å². The van der Waals surface area contributed by atoms with Crippen LogP contribution in [0.3, 0.4) is 0 Å². The van der Waals surface area contributed by atoms with Crippen LogP contribution in [0.25, 0.3) is 0 Å². The zero-order valence-electron chi connectivity index (χ0n) is 10.7. The summed E-state index contributed by atoms with van der Waals surface area (Å²) in [5.74, 6) is -0.0843. The summed E-state index contributed by atoms with van der Waals surface area (Å²) in [6.45, 7) is 9.85. The van der Waals surface area contributed by atoms with Crippen LogP contribution in [0.4, 0.5) is 0 Å². The van der Waals surface area contributed by atoms with Gasteiger partial charge in [-0.2, -0.15) is 0 Å². The van der Waals surface area contributed by atoms with Crippen LogP contribution >= 0.6 is 12.4 Å². The highest BCUT2D eigenvalue weighted by Crippen LogP contribution is 2.16. The molecular weight excluding hydrogens is 228 g/mol. The van der Waals surface area contributed by atoms with Crippen LogP contribution in [-0.2, 0) is 9.53 Å². The van der Waals surface area contributed by atoms with Gasteiger partial charge in [-0.05, 0) is 18.8 Å². The summed E-state index contributed by atoms with van der Waals surface area (Å²) in [5, 5.41) is 2.80. The number of hydrogen-bond acceptors (Lipinski definition) is 3. The topological polar surface area (TPSA) is 64.3 Å². The highest BCUT2D eigenvalue weighted by molar-refractivity contribution is 5.85. The first-order chi connectivity index (χ1) is 6.89. The fourth-order valence-electron chi connectivity index (χ4n) is 1.03. The van der Waals surface area contributed by atoms with Crippen molar-refractivity contribution in [3.05, 3.63) is 0 Å². The molecule has 16 heavy (non-hydrogen) atoms. The van der Waals surface area contributed by atoms with Crippen LogP contribution in [0, 0.1) is 5.41 Å². The largest absolute Gasteiger partial charge is 0.382 e. The number of carbonyl (C=O) groups is 1. The number of nitrogens with one attached hydrogen (secondary N) is 1. The first kappa shape index (κ1) is 18.1. The SMILES string of the molecule is CCOCCCNC(=O)[C@@H](N)C(C)(C)C.Cl.